The first-order valence-electron chi connectivity index (χ1n) is 8.46. The number of rotatable bonds is 3. The third-order valence-electron chi connectivity index (χ3n) is 4.79. The summed E-state index contributed by atoms with van der Waals surface area (Å²) in [6.45, 7) is 0. The largest absolute Gasteiger partial charge is 0.494 e. The average Bonchev–Trinajstić information content (AvgIpc) is 3.12. The lowest BCUT2D eigenvalue weighted by Gasteiger charge is -2.17. The molecule has 1 atom stereocenters. The molecule has 0 fully saturated rings. The average molecular weight is 348 g/mol. The molecule has 0 radical (unpaired) electrons. The summed E-state index contributed by atoms with van der Waals surface area (Å²) < 4.78 is 20.9. The maximum atomic E-state index is 14.2. The molecule has 5 nitrogen and oxygen atoms in total. The van der Waals surface area contributed by atoms with Crippen molar-refractivity contribution in [1.82, 2.24) is 14.6 Å². The van der Waals surface area contributed by atoms with Gasteiger partial charge in [-0.1, -0.05) is 12.1 Å². The van der Waals surface area contributed by atoms with Crippen LogP contribution in [0.1, 0.15) is 25.0 Å². The summed E-state index contributed by atoms with van der Waals surface area (Å²) in [5.41, 5.74) is 4.33. The summed E-state index contributed by atoms with van der Waals surface area (Å²) in [7, 11) is 1.44. The Kier molecular flexibility index (Phi) is 4.13. The number of aromatic nitrogens is 3. The van der Waals surface area contributed by atoms with Gasteiger partial charge in [-0.05, 0) is 42.5 Å². The molecule has 0 bridgehead atoms. The van der Waals surface area contributed by atoms with Crippen LogP contribution in [0.4, 0.5) is 4.39 Å². The SMILES string of the molecule is COc1ccc(-c2cnn3ccnc(C4=CCC(C#N)CC4)c23)cc1F. The first kappa shape index (κ1) is 16.3. The number of ether oxygens (including phenoxy) is 1. The van der Waals surface area contributed by atoms with E-state index in [-0.39, 0.29) is 11.7 Å². The van der Waals surface area contributed by atoms with E-state index in [1.165, 1.54) is 13.2 Å². The minimum atomic E-state index is -0.413. The summed E-state index contributed by atoms with van der Waals surface area (Å²) in [6, 6.07) is 7.21. The molecule has 0 N–H and O–H groups in total. The Morgan fingerprint density at radius 1 is 1.38 bits per heavy atom. The van der Waals surface area contributed by atoms with Crippen molar-refractivity contribution in [2.45, 2.75) is 19.3 Å². The molecule has 0 saturated heterocycles. The van der Waals surface area contributed by atoms with Crippen LogP contribution in [0.3, 0.4) is 0 Å². The first-order chi connectivity index (χ1) is 12.7. The number of benzene rings is 1. The maximum absolute atomic E-state index is 14.2. The maximum Gasteiger partial charge on any atom is 0.165 e. The molecule has 130 valence electrons. The van der Waals surface area contributed by atoms with Crippen molar-refractivity contribution in [3.8, 4) is 22.9 Å². The van der Waals surface area contributed by atoms with Crippen molar-refractivity contribution in [1.29, 1.82) is 5.26 Å². The van der Waals surface area contributed by atoms with Gasteiger partial charge in [-0.2, -0.15) is 10.4 Å². The molecular formula is C20H17FN4O. The summed E-state index contributed by atoms with van der Waals surface area (Å²) in [4.78, 5) is 4.57. The molecule has 6 heteroatoms. The number of hydrogen-bond acceptors (Lipinski definition) is 4. The van der Waals surface area contributed by atoms with Crippen molar-refractivity contribution in [2.24, 2.45) is 5.92 Å². The van der Waals surface area contributed by atoms with E-state index in [0.29, 0.717) is 0 Å². The van der Waals surface area contributed by atoms with E-state index in [0.717, 1.165) is 47.2 Å². The van der Waals surface area contributed by atoms with Gasteiger partial charge in [-0.3, -0.25) is 4.98 Å². The second kappa shape index (κ2) is 6.60. The van der Waals surface area contributed by atoms with E-state index < -0.39 is 5.82 Å². The molecule has 1 unspecified atom stereocenters. The highest BCUT2D eigenvalue weighted by Gasteiger charge is 2.20. The van der Waals surface area contributed by atoms with Gasteiger partial charge in [0.1, 0.15) is 0 Å². The van der Waals surface area contributed by atoms with Gasteiger partial charge < -0.3 is 4.74 Å². The molecule has 3 aromatic rings. The van der Waals surface area contributed by atoms with Crippen LogP contribution in [-0.2, 0) is 0 Å². The molecule has 0 amide bonds. The van der Waals surface area contributed by atoms with Crippen LogP contribution in [-0.4, -0.2) is 21.7 Å². The van der Waals surface area contributed by atoms with Crippen molar-refractivity contribution in [2.75, 3.05) is 7.11 Å². The number of fused-ring (bicyclic) bond motifs is 1. The molecule has 4 rings (SSSR count). The lowest BCUT2D eigenvalue weighted by Crippen LogP contribution is -2.05. The van der Waals surface area contributed by atoms with Crippen molar-refractivity contribution in [3.05, 3.63) is 54.4 Å². The Hall–Kier alpha value is -3.20. The second-order valence-electron chi connectivity index (χ2n) is 6.31. The zero-order valence-electron chi connectivity index (χ0n) is 14.3. The van der Waals surface area contributed by atoms with Crippen molar-refractivity contribution in [3.63, 3.8) is 0 Å². The summed E-state index contributed by atoms with van der Waals surface area (Å²) in [5.74, 6) is -0.136. The number of halogens is 1. The molecule has 26 heavy (non-hydrogen) atoms. The number of nitriles is 1. The fraction of sp³-hybridized carbons (Fsp3) is 0.250. The standard InChI is InChI=1S/C20H17FN4O/c1-26-18-7-6-15(10-17(18)21)16-12-24-25-9-8-23-19(20(16)25)14-4-2-13(11-22)3-5-14/h4,6-10,12-13H,2-3,5H2,1H3. The smallest absolute Gasteiger partial charge is 0.165 e. The molecule has 1 aliphatic carbocycles. The number of methoxy groups -OCH3 is 1. The molecular weight excluding hydrogens is 331 g/mol. The third kappa shape index (κ3) is 2.72. The zero-order chi connectivity index (χ0) is 18.1. The third-order valence-corrected chi connectivity index (χ3v) is 4.79. The molecule has 0 saturated carbocycles. The van der Waals surface area contributed by atoms with Crippen molar-refractivity contribution >= 4 is 11.1 Å². The molecule has 0 aliphatic heterocycles. The van der Waals surface area contributed by atoms with Crippen LogP contribution in [0.15, 0.2) is 42.9 Å². The van der Waals surface area contributed by atoms with Gasteiger partial charge in [-0.15, -0.1) is 0 Å². The van der Waals surface area contributed by atoms with Crippen molar-refractivity contribution < 1.29 is 9.13 Å². The highest BCUT2D eigenvalue weighted by atomic mass is 19.1. The number of nitrogens with zero attached hydrogens (tertiary/aromatic N) is 4. The van der Waals surface area contributed by atoms with E-state index in [4.69, 9.17) is 10.00 Å². The van der Waals surface area contributed by atoms with Gasteiger partial charge in [-0.25, -0.2) is 8.91 Å². The van der Waals surface area contributed by atoms with Gasteiger partial charge >= 0.3 is 0 Å². The fourth-order valence-corrected chi connectivity index (χ4v) is 3.39. The van der Waals surface area contributed by atoms with Gasteiger partial charge in [0.25, 0.3) is 0 Å². The van der Waals surface area contributed by atoms with Crippen LogP contribution >= 0.6 is 0 Å². The normalized spacial score (nSPS) is 17.0. The van der Waals surface area contributed by atoms with Gasteiger partial charge in [0.05, 0.1) is 36.5 Å². The van der Waals surface area contributed by atoms with Gasteiger partial charge in [0.15, 0.2) is 11.6 Å². The topological polar surface area (TPSA) is 63.2 Å². The summed E-state index contributed by atoms with van der Waals surface area (Å²) in [6.07, 6.45) is 9.66. The minimum Gasteiger partial charge on any atom is -0.494 e. The predicted molar refractivity (Wildman–Crippen MR) is 95.9 cm³/mol. The molecule has 0 spiro atoms. The van der Waals surface area contributed by atoms with E-state index >= 15 is 0 Å². The van der Waals surface area contributed by atoms with E-state index in [9.17, 15) is 4.39 Å². The quantitative estimate of drug-likeness (QED) is 0.710. The van der Waals surface area contributed by atoms with E-state index in [2.05, 4.69) is 22.2 Å². The first-order valence-corrected chi connectivity index (χ1v) is 8.46. The lowest BCUT2D eigenvalue weighted by atomic mass is 9.88. The Balaban J connectivity index is 1.84. The summed E-state index contributed by atoms with van der Waals surface area (Å²) in [5, 5.41) is 13.5. The van der Waals surface area contributed by atoms with E-state index in [1.807, 2.05) is 6.07 Å². The van der Waals surface area contributed by atoms with Crippen LogP contribution in [0.2, 0.25) is 0 Å². The van der Waals surface area contributed by atoms with Gasteiger partial charge in [0.2, 0.25) is 0 Å². The minimum absolute atomic E-state index is 0.0681. The Morgan fingerprint density at radius 3 is 2.96 bits per heavy atom. The Labute approximate surface area is 150 Å². The van der Waals surface area contributed by atoms with E-state index in [1.54, 1.807) is 29.2 Å². The highest BCUT2D eigenvalue weighted by Crippen LogP contribution is 2.35. The van der Waals surface area contributed by atoms with Crippen LogP contribution in [0.5, 0.6) is 5.75 Å². The lowest BCUT2D eigenvalue weighted by molar-refractivity contribution is 0.386. The second-order valence-corrected chi connectivity index (χ2v) is 6.31. The molecule has 1 aliphatic rings. The van der Waals surface area contributed by atoms with Crippen LogP contribution < -0.4 is 4.74 Å². The van der Waals surface area contributed by atoms with Crippen LogP contribution in [0, 0.1) is 23.1 Å². The predicted octanol–water partition coefficient (Wildman–Crippen LogP) is 4.25. The summed E-state index contributed by atoms with van der Waals surface area (Å²) >= 11 is 0. The molecule has 2 heterocycles. The van der Waals surface area contributed by atoms with Crippen LogP contribution in [0.25, 0.3) is 22.2 Å². The fourth-order valence-electron chi connectivity index (χ4n) is 3.39. The Morgan fingerprint density at radius 2 is 2.27 bits per heavy atom. The molecule has 1 aromatic carbocycles. The number of allylic oxidation sites excluding steroid dienone is 2. The Bertz CT molecular complexity index is 1050. The monoisotopic (exact) mass is 348 g/mol. The number of hydrogen-bond donors (Lipinski definition) is 0. The zero-order valence-corrected chi connectivity index (χ0v) is 14.3. The highest BCUT2D eigenvalue weighted by molar-refractivity contribution is 5.88. The molecule has 2 aromatic heterocycles. The van der Waals surface area contributed by atoms with Gasteiger partial charge in [0, 0.05) is 18.0 Å².